The van der Waals surface area contributed by atoms with Crippen molar-refractivity contribution in [3.63, 3.8) is 0 Å². The van der Waals surface area contributed by atoms with Crippen LogP contribution in [0.25, 0.3) is 0 Å². The Hall–Kier alpha value is -1.55. The lowest BCUT2D eigenvalue weighted by Crippen LogP contribution is -2.45. The predicted molar refractivity (Wildman–Crippen MR) is 89.1 cm³/mol. The van der Waals surface area contributed by atoms with E-state index in [-0.39, 0.29) is 6.61 Å². The molecule has 0 aliphatic rings. The van der Waals surface area contributed by atoms with Crippen LogP contribution in [0.2, 0.25) is 0 Å². The molecule has 1 aromatic carbocycles. The molecular weight excluding hydrogens is 278 g/mol. The number of aryl methyl sites for hydroxylation is 1. The number of hydrogen-bond donors (Lipinski definition) is 2. The zero-order valence-corrected chi connectivity index (χ0v) is 14.4. The van der Waals surface area contributed by atoms with Gasteiger partial charge < -0.3 is 15.2 Å². The van der Waals surface area contributed by atoms with Gasteiger partial charge in [-0.15, -0.1) is 0 Å². The summed E-state index contributed by atoms with van der Waals surface area (Å²) in [5, 5.41) is 12.8. The van der Waals surface area contributed by atoms with Crippen LogP contribution in [0.5, 0.6) is 0 Å². The van der Waals surface area contributed by atoms with E-state index < -0.39 is 17.1 Å². The van der Waals surface area contributed by atoms with E-state index in [2.05, 4.69) is 12.2 Å². The largest absolute Gasteiger partial charge is 0.444 e. The van der Waals surface area contributed by atoms with Crippen molar-refractivity contribution in [2.75, 3.05) is 13.2 Å². The highest BCUT2D eigenvalue weighted by molar-refractivity contribution is 5.67. The second-order valence-corrected chi connectivity index (χ2v) is 6.91. The van der Waals surface area contributed by atoms with Gasteiger partial charge in [0, 0.05) is 12.0 Å². The van der Waals surface area contributed by atoms with Gasteiger partial charge in [-0.25, -0.2) is 4.79 Å². The number of aliphatic hydroxyl groups is 1. The van der Waals surface area contributed by atoms with Gasteiger partial charge in [0.1, 0.15) is 5.60 Å². The fourth-order valence-electron chi connectivity index (χ4n) is 2.50. The number of benzene rings is 1. The monoisotopic (exact) mass is 307 g/mol. The Labute approximate surface area is 133 Å². The molecule has 0 spiro atoms. The molecule has 0 fully saturated rings. The van der Waals surface area contributed by atoms with Crippen molar-refractivity contribution in [1.82, 2.24) is 5.32 Å². The molecule has 0 aromatic heterocycles. The zero-order chi connectivity index (χ0) is 16.8. The summed E-state index contributed by atoms with van der Waals surface area (Å²) in [4.78, 5) is 11.9. The third kappa shape index (κ3) is 5.34. The highest BCUT2D eigenvalue weighted by Gasteiger charge is 2.32. The first-order valence-electron chi connectivity index (χ1n) is 7.87. The minimum Gasteiger partial charge on any atom is -0.444 e. The summed E-state index contributed by atoms with van der Waals surface area (Å²) in [6.45, 7) is 9.94. The molecule has 0 bridgehead atoms. The van der Waals surface area contributed by atoms with Gasteiger partial charge in [0.15, 0.2) is 0 Å². The fourth-order valence-corrected chi connectivity index (χ4v) is 2.50. The smallest absolute Gasteiger partial charge is 0.407 e. The number of carbonyl (C=O) groups is 1. The molecule has 1 aromatic rings. The Morgan fingerprint density at radius 1 is 1.23 bits per heavy atom. The second kappa shape index (κ2) is 7.63. The lowest BCUT2D eigenvalue weighted by molar-refractivity contribution is 0.0500. The van der Waals surface area contributed by atoms with Gasteiger partial charge in [0.25, 0.3) is 0 Å². The molecule has 0 heterocycles. The van der Waals surface area contributed by atoms with Crippen LogP contribution in [0.3, 0.4) is 0 Å². The maximum Gasteiger partial charge on any atom is 0.407 e. The van der Waals surface area contributed by atoms with E-state index in [9.17, 15) is 9.90 Å². The molecular formula is C18H29NO3. The summed E-state index contributed by atoms with van der Waals surface area (Å²) >= 11 is 0. The van der Waals surface area contributed by atoms with Crippen LogP contribution in [-0.4, -0.2) is 30.0 Å². The topological polar surface area (TPSA) is 58.6 Å². The van der Waals surface area contributed by atoms with E-state index in [1.54, 1.807) is 0 Å². The van der Waals surface area contributed by atoms with Gasteiger partial charge in [0.2, 0.25) is 0 Å². The van der Waals surface area contributed by atoms with E-state index in [0.717, 1.165) is 18.4 Å². The Morgan fingerprint density at radius 3 is 2.27 bits per heavy atom. The normalized spacial score (nSPS) is 14.3. The van der Waals surface area contributed by atoms with Crippen LogP contribution in [0.1, 0.15) is 51.7 Å². The van der Waals surface area contributed by atoms with Gasteiger partial charge >= 0.3 is 6.09 Å². The number of hydrogen-bond acceptors (Lipinski definition) is 3. The third-order valence-corrected chi connectivity index (χ3v) is 3.67. The third-order valence-electron chi connectivity index (χ3n) is 3.67. The predicted octanol–water partition coefficient (Wildman–Crippen LogP) is 3.55. The molecule has 0 radical (unpaired) electrons. The van der Waals surface area contributed by atoms with Crippen LogP contribution >= 0.6 is 0 Å². The first-order valence-corrected chi connectivity index (χ1v) is 7.87. The second-order valence-electron chi connectivity index (χ2n) is 6.91. The average Bonchev–Trinajstić information content (AvgIpc) is 2.43. The lowest BCUT2D eigenvalue weighted by Gasteiger charge is -2.33. The van der Waals surface area contributed by atoms with Crippen LogP contribution in [-0.2, 0) is 10.2 Å². The summed E-state index contributed by atoms with van der Waals surface area (Å²) in [6, 6.07) is 8.11. The number of amides is 1. The lowest BCUT2D eigenvalue weighted by atomic mass is 9.77. The van der Waals surface area contributed by atoms with Crippen LogP contribution < -0.4 is 5.32 Å². The van der Waals surface area contributed by atoms with Gasteiger partial charge in [-0.05, 0) is 39.7 Å². The Bertz CT molecular complexity index is 476. The molecule has 1 unspecified atom stereocenters. The quantitative estimate of drug-likeness (QED) is 0.845. The van der Waals surface area contributed by atoms with E-state index in [1.807, 2.05) is 52.0 Å². The Morgan fingerprint density at radius 2 is 1.82 bits per heavy atom. The highest BCUT2D eigenvalue weighted by Crippen LogP contribution is 2.29. The SMILES string of the molecule is CCCC(CO)(CNC(=O)OC(C)(C)C)c1ccc(C)cc1. The maximum absolute atomic E-state index is 11.9. The van der Waals surface area contributed by atoms with Crippen LogP contribution in [0.15, 0.2) is 24.3 Å². The molecule has 4 heteroatoms. The minimum absolute atomic E-state index is 0.0142. The van der Waals surface area contributed by atoms with Crippen LogP contribution in [0, 0.1) is 6.92 Å². The molecule has 0 aliphatic carbocycles. The van der Waals surface area contributed by atoms with E-state index in [4.69, 9.17) is 4.74 Å². The number of aliphatic hydroxyl groups excluding tert-OH is 1. The number of rotatable bonds is 6. The van der Waals surface area contributed by atoms with Crippen molar-refractivity contribution in [2.45, 2.75) is 58.5 Å². The molecule has 2 N–H and O–H groups in total. The van der Waals surface area contributed by atoms with Gasteiger partial charge in [-0.3, -0.25) is 0 Å². The summed E-state index contributed by atoms with van der Waals surface area (Å²) in [5.41, 5.74) is 1.21. The van der Waals surface area contributed by atoms with Crippen molar-refractivity contribution in [3.05, 3.63) is 35.4 Å². The average molecular weight is 307 g/mol. The first kappa shape index (κ1) is 18.5. The molecule has 0 saturated heterocycles. The number of alkyl carbamates (subject to hydrolysis) is 1. The first-order chi connectivity index (χ1) is 10.2. The molecule has 1 atom stereocenters. The molecule has 0 saturated carbocycles. The summed E-state index contributed by atoms with van der Waals surface area (Å²) < 4.78 is 5.28. The van der Waals surface area contributed by atoms with Crippen molar-refractivity contribution < 1.29 is 14.6 Å². The Kier molecular flexibility index (Phi) is 6.42. The van der Waals surface area contributed by atoms with Crippen molar-refractivity contribution in [3.8, 4) is 0 Å². The number of carbonyl (C=O) groups excluding carboxylic acids is 1. The van der Waals surface area contributed by atoms with Crippen molar-refractivity contribution in [2.24, 2.45) is 0 Å². The fraction of sp³-hybridized carbons (Fsp3) is 0.611. The van der Waals surface area contributed by atoms with Crippen molar-refractivity contribution in [1.29, 1.82) is 0 Å². The number of nitrogens with one attached hydrogen (secondary N) is 1. The molecule has 0 aliphatic heterocycles. The summed E-state index contributed by atoms with van der Waals surface area (Å²) in [5.74, 6) is 0. The highest BCUT2D eigenvalue weighted by atomic mass is 16.6. The Balaban J connectivity index is 2.88. The van der Waals surface area contributed by atoms with Gasteiger partial charge in [0.05, 0.1) is 6.61 Å². The van der Waals surface area contributed by atoms with Crippen LogP contribution in [0.4, 0.5) is 4.79 Å². The van der Waals surface area contributed by atoms with E-state index in [0.29, 0.717) is 6.54 Å². The standard InChI is InChI=1S/C18H29NO3/c1-6-11-18(13-20,15-9-7-14(2)8-10-15)12-19-16(21)22-17(3,4)5/h7-10,20H,6,11-13H2,1-5H3,(H,19,21). The summed E-state index contributed by atoms with van der Waals surface area (Å²) in [6.07, 6.45) is 1.26. The molecule has 1 rings (SSSR count). The van der Waals surface area contributed by atoms with Gasteiger partial charge in [-0.2, -0.15) is 0 Å². The summed E-state index contributed by atoms with van der Waals surface area (Å²) in [7, 11) is 0. The number of ether oxygens (including phenoxy) is 1. The zero-order valence-electron chi connectivity index (χ0n) is 14.4. The van der Waals surface area contributed by atoms with E-state index >= 15 is 0 Å². The molecule has 124 valence electrons. The molecule has 1 amide bonds. The van der Waals surface area contributed by atoms with Gasteiger partial charge in [-0.1, -0.05) is 43.2 Å². The van der Waals surface area contributed by atoms with Crippen molar-refractivity contribution >= 4 is 6.09 Å². The maximum atomic E-state index is 11.9. The minimum atomic E-state index is -0.527. The molecule has 4 nitrogen and oxygen atoms in total. The molecule has 22 heavy (non-hydrogen) atoms. The van der Waals surface area contributed by atoms with E-state index in [1.165, 1.54) is 5.56 Å².